The Labute approximate surface area is 174 Å². The molecule has 1 saturated heterocycles. The van der Waals surface area contributed by atoms with Crippen molar-refractivity contribution in [1.29, 1.82) is 5.26 Å². The maximum absolute atomic E-state index is 12.7. The highest BCUT2D eigenvalue weighted by atomic mass is 35.5. The van der Waals surface area contributed by atoms with Crippen LogP contribution in [0, 0.1) is 11.3 Å². The van der Waals surface area contributed by atoms with E-state index >= 15 is 0 Å². The van der Waals surface area contributed by atoms with Gasteiger partial charge in [0.2, 0.25) is 5.91 Å². The molecule has 1 aliphatic rings. The standard InChI is InChI=1S/C22H20ClN5O/c23-17-2-1-3-19(11-17)28-9-8-20(22(28)29)25-13-18-14-26-21(27-18)10-15-4-6-16(12-24)7-5-15/h1-7,11,14,20,25H,8-10,13H2,(H,26,27). The van der Waals surface area contributed by atoms with Gasteiger partial charge >= 0.3 is 0 Å². The minimum absolute atomic E-state index is 0.0598. The second kappa shape index (κ2) is 8.48. The summed E-state index contributed by atoms with van der Waals surface area (Å²) in [6, 6.07) is 16.7. The molecule has 0 radical (unpaired) electrons. The van der Waals surface area contributed by atoms with E-state index < -0.39 is 0 Å². The number of amides is 1. The van der Waals surface area contributed by atoms with E-state index in [2.05, 4.69) is 21.4 Å². The summed E-state index contributed by atoms with van der Waals surface area (Å²) in [6.07, 6.45) is 3.20. The lowest BCUT2D eigenvalue weighted by molar-refractivity contribution is -0.118. The van der Waals surface area contributed by atoms with Gasteiger partial charge in [-0.2, -0.15) is 5.26 Å². The highest BCUT2D eigenvalue weighted by molar-refractivity contribution is 6.31. The summed E-state index contributed by atoms with van der Waals surface area (Å²) >= 11 is 6.05. The van der Waals surface area contributed by atoms with Gasteiger partial charge in [0.05, 0.1) is 17.7 Å². The number of rotatable bonds is 6. The number of hydrogen-bond acceptors (Lipinski definition) is 4. The molecule has 4 rings (SSSR count). The molecular weight excluding hydrogens is 386 g/mol. The predicted octanol–water partition coefficient (Wildman–Crippen LogP) is 3.42. The first-order valence-corrected chi connectivity index (χ1v) is 9.82. The van der Waals surface area contributed by atoms with Crippen LogP contribution in [0.15, 0.2) is 54.7 Å². The molecule has 1 fully saturated rings. The fourth-order valence-electron chi connectivity index (χ4n) is 3.48. The molecule has 0 bridgehead atoms. The Hall–Kier alpha value is -3.14. The molecule has 146 valence electrons. The zero-order chi connectivity index (χ0) is 20.2. The van der Waals surface area contributed by atoms with Crippen LogP contribution < -0.4 is 10.2 Å². The minimum Gasteiger partial charge on any atom is -0.345 e. The molecule has 0 aliphatic carbocycles. The molecule has 0 saturated carbocycles. The number of carbonyl (C=O) groups is 1. The third-order valence-corrected chi connectivity index (χ3v) is 5.24. The van der Waals surface area contributed by atoms with Crippen molar-refractivity contribution < 1.29 is 4.79 Å². The molecule has 3 aromatic rings. The normalized spacial score (nSPS) is 16.2. The third-order valence-electron chi connectivity index (χ3n) is 5.00. The molecule has 29 heavy (non-hydrogen) atoms. The fourth-order valence-corrected chi connectivity index (χ4v) is 3.66. The average molecular weight is 406 g/mol. The molecular formula is C22H20ClN5O. The van der Waals surface area contributed by atoms with Gasteiger partial charge in [0.1, 0.15) is 5.82 Å². The monoisotopic (exact) mass is 405 g/mol. The molecule has 0 spiro atoms. The molecule has 2 heterocycles. The Bertz CT molecular complexity index is 1050. The summed E-state index contributed by atoms with van der Waals surface area (Å²) in [5.41, 5.74) is 3.49. The van der Waals surface area contributed by atoms with Gasteiger partial charge in [0.25, 0.3) is 0 Å². The number of nitriles is 1. The molecule has 7 heteroatoms. The van der Waals surface area contributed by atoms with Crippen molar-refractivity contribution in [2.45, 2.75) is 25.4 Å². The summed E-state index contributed by atoms with van der Waals surface area (Å²) < 4.78 is 0. The molecule has 2 aromatic carbocycles. The Morgan fingerprint density at radius 2 is 2.10 bits per heavy atom. The van der Waals surface area contributed by atoms with E-state index in [9.17, 15) is 4.79 Å². The SMILES string of the molecule is N#Cc1ccc(Cc2ncc(CNC3CCN(c4cccc(Cl)c4)C3=O)[nH]2)cc1. The van der Waals surface area contributed by atoms with Crippen LogP contribution in [0.3, 0.4) is 0 Å². The van der Waals surface area contributed by atoms with Gasteiger partial charge in [-0.25, -0.2) is 4.98 Å². The number of benzene rings is 2. The average Bonchev–Trinajstić information content (AvgIpc) is 3.33. The number of aromatic nitrogens is 2. The van der Waals surface area contributed by atoms with Crippen LogP contribution in [-0.4, -0.2) is 28.5 Å². The maximum atomic E-state index is 12.7. The topological polar surface area (TPSA) is 84.8 Å². The Kier molecular flexibility index (Phi) is 5.61. The van der Waals surface area contributed by atoms with E-state index in [-0.39, 0.29) is 11.9 Å². The van der Waals surface area contributed by atoms with Crippen molar-refractivity contribution in [1.82, 2.24) is 15.3 Å². The summed E-state index contributed by atoms with van der Waals surface area (Å²) in [5, 5.41) is 12.8. The van der Waals surface area contributed by atoms with Gasteiger partial charge in [0, 0.05) is 42.1 Å². The fraction of sp³-hybridized carbons (Fsp3) is 0.227. The second-order valence-electron chi connectivity index (χ2n) is 7.03. The van der Waals surface area contributed by atoms with Crippen molar-refractivity contribution in [2.75, 3.05) is 11.4 Å². The molecule has 6 nitrogen and oxygen atoms in total. The lowest BCUT2D eigenvalue weighted by atomic mass is 10.1. The summed E-state index contributed by atoms with van der Waals surface area (Å²) in [4.78, 5) is 22.2. The van der Waals surface area contributed by atoms with E-state index in [4.69, 9.17) is 16.9 Å². The predicted molar refractivity (Wildman–Crippen MR) is 112 cm³/mol. The zero-order valence-electron chi connectivity index (χ0n) is 15.7. The molecule has 1 unspecified atom stereocenters. The van der Waals surface area contributed by atoms with Gasteiger partial charge < -0.3 is 15.2 Å². The quantitative estimate of drug-likeness (QED) is 0.658. The van der Waals surface area contributed by atoms with E-state index in [0.717, 1.165) is 29.2 Å². The largest absolute Gasteiger partial charge is 0.345 e. The van der Waals surface area contributed by atoms with Gasteiger partial charge in [-0.1, -0.05) is 29.8 Å². The molecule has 2 N–H and O–H groups in total. The van der Waals surface area contributed by atoms with Crippen LogP contribution in [0.5, 0.6) is 0 Å². The van der Waals surface area contributed by atoms with Crippen molar-refractivity contribution in [3.05, 3.63) is 82.4 Å². The molecule has 1 amide bonds. The lowest BCUT2D eigenvalue weighted by Crippen LogP contribution is -2.38. The number of aromatic amines is 1. The lowest BCUT2D eigenvalue weighted by Gasteiger charge is -2.17. The second-order valence-corrected chi connectivity index (χ2v) is 7.47. The van der Waals surface area contributed by atoms with Crippen LogP contribution in [0.2, 0.25) is 5.02 Å². The number of imidazole rings is 1. The van der Waals surface area contributed by atoms with Crippen LogP contribution >= 0.6 is 11.6 Å². The first-order valence-electron chi connectivity index (χ1n) is 9.44. The number of nitrogens with one attached hydrogen (secondary N) is 2. The number of H-pyrrole nitrogens is 1. The molecule has 1 aliphatic heterocycles. The number of halogens is 1. The highest BCUT2D eigenvalue weighted by Gasteiger charge is 2.32. The van der Waals surface area contributed by atoms with E-state index in [1.807, 2.05) is 30.3 Å². The summed E-state index contributed by atoms with van der Waals surface area (Å²) in [5.74, 6) is 0.911. The van der Waals surface area contributed by atoms with Crippen molar-refractivity contribution >= 4 is 23.2 Å². The van der Waals surface area contributed by atoms with Crippen molar-refractivity contribution in [3.8, 4) is 6.07 Å². The number of anilines is 1. The maximum Gasteiger partial charge on any atom is 0.244 e. The first-order chi connectivity index (χ1) is 14.1. The summed E-state index contributed by atoms with van der Waals surface area (Å²) in [7, 11) is 0. The zero-order valence-corrected chi connectivity index (χ0v) is 16.5. The third kappa shape index (κ3) is 4.48. The number of nitrogens with zero attached hydrogens (tertiary/aromatic N) is 3. The number of hydrogen-bond donors (Lipinski definition) is 2. The Morgan fingerprint density at radius 1 is 1.28 bits per heavy atom. The van der Waals surface area contributed by atoms with Crippen LogP contribution in [0.4, 0.5) is 5.69 Å². The molecule has 1 aromatic heterocycles. The van der Waals surface area contributed by atoms with Crippen LogP contribution in [0.25, 0.3) is 0 Å². The smallest absolute Gasteiger partial charge is 0.244 e. The first kappa shape index (κ1) is 19.2. The van der Waals surface area contributed by atoms with Gasteiger partial charge in [0.15, 0.2) is 0 Å². The van der Waals surface area contributed by atoms with Crippen molar-refractivity contribution in [2.24, 2.45) is 0 Å². The number of carbonyl (C=O) groups excluding carboxylic acids is 1. The van der Waals surface area contributed by atoms with Crippen molar-refractivity contribution in [3.63, 3.8) is 0 Å². The van der Waals surface area contributed by atoms with Crippen LogP contribution in [-0.2, 0) is 17.8 Å². The van der Waals surface area contributed by atoms with Gasteiger partial charge in [-0.15, -0.1) is 0 Å². The highest BCUT2D eigenvalue weighted by Crippen LogP contribution is 2.24. The Morgan fingerprint density at radius 3 is 2.86 bits per heavy atom. The molecule has 1 atom stereocenters. The Balaban J connectivity index is 1.33. The van der Waals surface area contributed by atoms with Crippen LogP contribution in [0.1, 0.15) is 29.1 Å². The summed E-state index contributed by atoms with van der Waals surface area (Å²) in [6.45, 7) is 1.21. The van der Waals surface area contributed by atoms with E-state index in [1.54, 1.807) is 29.3 Å². The van der Waals surface area contributed by atoms with E-state index in [0.29, 0.717) is 30.1 Å². The van der Waals surface area contributed by atoms with Gasteiger partial charge in [-0.3, -0.25) is 4.79 Å². The van der Waals surface area contributed by atoms with Gasteiger partial charge in [-0.05, 0) is 42.3 Å². The van der Waals surface area contributed by atoms with E-state index in [1.165, 1.54) is 0 Å². The minimum atomic E-state index is -0.223.